The van der Waals surface area contributed by atoms with Gasteiger partial charge in [-0.15, -0.1) is 0 Å². The first-order chi connectivity index (χ1) is 5.68. The van der Waals surface area contributed by atoms with Gasteiger partial charge in [-0.05, 0) is 11.6 Å². The van der Waals surface area contributed by atoms with Crippen LogP contribution < -0.4 is 5.32 Å². The predicted octanol–water partition coefficient (Wildman–Crippen LogP) is 1.21. The van der Waals surface area contributed by atoms with Crippen molar-refractivity contribution >= 4 is 5.91 Å². The van der Waals surface area contributed by atoms with Crippen LogP contribution in [0, 0.1) is 11.6 Å². The largest absolute Gasteiger partial charge is 0.348 e. The van der Waals surface area contributed by atoms with Crippen LogP contribution in [0.2, 0.25) is 0 Å². The molecule has 0 atom stereocenters. The Kier molecular flexibility index (Phi) is 1.36. The Morgan fingerprint density at radius 1 is 1.33 bits per heavy atom. The van der Waals surface area contributed by atoms with Gasteiger partial charge in [-0.3, -0.25) is 4.79 Å². The van der Waals surface area contributed by atoms with Gasteiger partial charge in [0.2, 0.25) is 0 Å². The minimum absolute atomic E-state index is 0.0311. The summed E-state index contributed by atoms with van der Waals surface area (Å²) in [6.45, 7) is 0.211. The maximum atomic E-state index is 12.9. The average Bonchev–Trinajstić information content (AvgIpc) is 2.31. The van der Waals surface area contributed by atoms with E-state index in [1.807, 2.05) is 0 Å². The summed E-state index contributed by atoms with van der Waals surface area (Å²) in [5.74, 6) is -1.91. The van der Waals surface area contributed by atoms with E-state index in [9.17, 15) is 13.6 Å². The van der Waals surface area contributed by atoms with Crippen molar-refractivity contribution in [3.8, 4) is 0 Å². The van der Waals surface area contributed by atoms with E-state index in [1.165, 1.54) is 0 Å². The van der Waals surface area contributed by atoms with Crippen molar-refractivity contribution in [1.29, 1.82) is 0 Å². The molecule has 1 N–H and O–H groups in total. The van der Waals surface area contributed by atoms with Crippen LogP contribution >= 0.6 is 0 Å². The summed E-state index contributed by atoms with van der Waals surface area (Å²) >= 11 is 0. The molecule has 1 aliphatic heterocycles. The molecule has 2 nitrogen and oxygen atoms in total. The molecule has 0 bridgehead atoms. The van der Waals surface area contributed by atoms with Gasteiger partial charge in [0, 0.05) is 12.6 Å². The van der Waals surface area contributed by atoms with Gasteiger partial charge in [0.15, 0.2) is 0 Å². The Hall–Kier alpha value is -1.45. The second-order valence-electron chi connectivity index (χ2n) is 2.60. The summed E-state index contributed by atoms with van der Waals surface area (Å²) in [5, 5.41) is 2.41. The maximum Gasteiger partial charge on any atom is 0.254 e. The lowest BCUT2D eigenvalue weighted by Crippen LogP contribution is -2.13. The SMILES string of the molecule is O=C1NCc2cc(F)cc(F)c21. The standard InChI is InChI=1S/C8H5F2NO/c9-5-1-4-3-11-8(12)7(4)6(10)2-5/h1-2H,3H2,(H,11,12). The number of fused-ring (bicyclic) bond motifs is 1. The first kappa shape index (κ1) is 7.21. The van der Waals surface area contributed by atoms with E-state index in [4.69, 9.17) is 0 Å². The monoisotopic (exact) mass is 169 g/mol. The number of amides is 1. The molecule has 0 saturated carbocycles. The Morgan fingerprint density at radius 2 is 2.08 bits per heavy atom. The van der Waals surface area contributed by atoms with Crippen LogP contribution in [0.25, 0.3) is 0 Å². The van der Waals surface area contributed by atoms with Crippen molar-refractivity contribution in [2.45, 2.75) is 6.54 Å². The van der Waals surface area contributed by atoms with Gasteiger partial charge in [-0.25, -0.2) is 8.78 Å². The number of carbonyl (C=O) groups is 1. The Bertz CT molecular complexity index is 362. The highest BCUT2D eigenvalue weighted by Gasteiger charge is 2.23. The maximum absolute atomic E-state index is 12.9. The van der Waals surface area contributed by atoms with Crippen molar-refractivity contribution in [2.24, 2.45) is 0 Å². The fourth-order valence-corrected chi connectivity index (χ4v) is 1.28. The van der Waals surface area contributed by atoms with Crippen molar-refractivity contribution in [3.05, 3.63) is 34.9 Å². The second kappa shape index (κ2) is 2.27. The van der Waals surface area contributed by atoms with Gasteiger partial charge in [-0.2, -0.15) is 0 Å². The van der Waals surface area contributed by atoms with Gasteiger partial charge in [0.25, 0.3) is 5.91 Å². The number of hydrogen-bond acceptors (Lipinski definition) is 1. The molecule has 4 heteroatoms. The second-order valence-corrected chi connectivity index (χ2v) is 2.60. The minimum atomic E-state index is -0.792. The predicted molar refractivity (Wildman–Crippen MR) is 37.5 cm³/mol. The first-order valence-corrected chi connectivity index (χ1v) is 3.44. The van der Waals surface area contributed by atoms with Crippen molar-refractivity contribution in [1.82, 2.24) is 5.32 Å². The number of benzene rings is 1. The number of rotatable bonds is 0. The van der Waals surface area contributed by atoms with Crippen LogP contribution in [0.1, 0.15) is 15.9 Å². The van der Waals surface area contributed by atoms with E-state index in [0.29, 0.717) is 11.6 Å². The molecule has 0 spiro atoms. The highest BCUT2D eigenvalue weighted by atomic mass is 19.1. The molecule has 0 fully saturated rings. The third-order valence-electron chi connectivity index (χ3n) is 1.80. The fraction of sp³-hybridized carbons (Fsp3) is 0.125. The smallest absolute Gasteiger partial charge is 0.254 e. The van der Waals surface area contributed by atoms with Gasteiger partial charge in [0.1, 0.15) is 11.6 Å². The molecular formula is C8H5F2NO. The van der Waals surface area contributed by atoms with E-state index in [1.54, 1.807) is 0 Å². The Labute approximate surface area is 67.2 Å². The number of hydrogen-bond donors (Lipinski definition) is 1. The average molecular weight is 169 g/mol. The molecule has 1 amide bonds. The molecule has 0 saturated heterocycles. The van der Waals surface area contributed by atoms with Gasteiger partial charge in [-0.1, -0.05) is 0 Å². The quantitative estimate of drug-likeness (QED) is 0.621. The lowest BCUT2D eigenvalue weighted by atomic mass is 10.1. The molecule has 0 radical (unpaired) electrons. The lowest BCUT2D eigenvalue weighted by Gasteiger charge is -1.96. The Morgan fingerprint density at radius 3 is 2.83 bits per heavy atom. The molecule has 0 aromatic heterocycles. The molecule has 0 aliphatic carbocycles. The summed E-state index contributed by atoms with van der Waals surface area (Å²) in [5.41, 5.74) is 0.355. The van der Waals surface area contributed by atoms with Crippen LogP contribution in [-0.2, 0) is 6.54 Å². The van der Waals surface area contributed by atoms with Crippen molar-refractivity contribution in [2.75, 3.05) is 0 Å². The van der Waals surface area contributed by atoms with Gasteiger partial charge < -0.3 is 5.32 Å². The number of nitrogens with one attached hydrogen (secondary N) is 1. The van der Waals surface area contributed by atoms with E-state index in [0.717, 1.165) is 6.07 Å². The zero-order valence-electron chi connectivity index (χ0n) is 6.03. The number of carbonyl (C=O) groups excluding carboxylic acids is 1. The normalized spacial score (nSPS) is 14.3. The molecule has 12 heavy (non-hydrogen) atoms. The zero-order valence-corrected chi connectivity index (χ0v) is 6.03. The molecule has 1 heterocycles. The summed E-state index contributed by atoms with van der Waals surface area (Å²) < 4.78 is 25.5. The van der Waals surface area contributed by atoms with E-state index < -0.39 is 17.5 Å². The van der Waals surface area contributed by atoms with Gasteiger partial charge >= 0.3 is 0 Å². The molecule has 0 unspecified atom stereocenters. The zero-order chi connectivity index (χ0) is 8.72. The molecule has 1 aliphatic rings. The molecule has 1 aromatic rings. The number of halogens is 2. The summed E-state index contributed by atoms with van der Waals surface area (Å²) in [7, 11) is 0. The molecule has 2 rings (SSSR count). The lowest BCUT2D eigenvalue weighted by molar-refractivity contribution is 0.0962. The summed E-state index contributed by atoms with van der Waals surface area (Å²) in [6.07, 6.45) is 0. The van der Waals surface area contributed by atoms with E-state index >= 15 is 0 Å². The highest BCUT2D eigenvalue weighted by molar-refractivity contribution is 5.98. The van der Waals surface area contributed by atoms with Gasteiger partial charge in [0.05, 0.1) is 5.56 Å². The van der Waals surface area contributed by atoms with Crippen LogP contribution in [0.15, 0.2) is 12.1 Å². The Balaban J connectivity index is 2.68. The third-order valence-corrected chi connectivity index (χ3v) is 1.80. The topological polar surface area (TPSA) is 29.1 Å². The molecule has 1 aromatic carbocycles. The van der Waals surface area contributed by atoms with Crippen LogP contribution in [0.4, 0.5) is 8.78 Å². The van der Waals surface area contributed by atoms with Crippen molar-refractivity contribution < 1.29 is 13.6 Å². The van der Waals surface area contributed by atoms with Crippen molar-refractivity contribution in [3.63, 3.8) is 0 Å². The summed E-state index contributed by atoms with van der Waals surface area (Å²) in [6, 6.07) is 1.88. The van der Waals surface area contributed by atoms with E-state index in [-0.39, 0.29) is 12.1 Å². The fourth-order valence-electron chi connectivity index (χ4n) is 1.28. The molecular weight excluding hydrogens is 164 g/mol. The molecule has 62 valence electrons. The van der Waals surface area contributed by atoms with Crippen LogP contribution in [-0.4, -0.2) is 5.91 Å². The minimum Gasteiger partial charge on any atom is -0.348 e. The highest BCUT2D eigenvalue weighted by Crippen LogP contribution is 2.19. The first-order valence-electron chi connectivity index (χ1n) is 3.44. The van der Waals surface area contributed by atoms with Crippen LogP contribution in [0.3, 0.4) is 0 Å². The van der Waals surface area contributed by atoms with E-state index in [2.05, 4.69) is 5.32 Å². The van der Waals surface area contributed by atoms with Crippen LogP contribution in [0.5, 0.6) is 0 Å². The summed E-state index contributed by atoms with van der Waals surface area (Å²) in [4.78, 5) is 10.9. The third kappa shape index (κ3) is 0.879.